The van der Waals surface area contributed by atoms with Gasteiger partial charge in [-0.3, -0.25) is 4.79 Å². The molecule has 1 unspecified atom stereocenters. The Bertz CT molecular complexity index is 727. The highest BCUT2D eigenvalue weighted by Crippen LogP contribution is 2.17. The summed E-state index contributed by atoms with van der Waals surface area (Å²) in [7, 11) is 3.11. The van der Waals surface area contributed by atoms with Gasteiger partial charge in [-0.05, 0) is 42.8 Å². The third kappa shape index (κ3) is 5.24. The molecule has 0 saturated heterocycles. The van der Waals surface area contributed by atoms with E-state index in [0.717, 1.165) is 11.3 Å². The number of ether oxygens (including phenoxy) is 3. The van der Waals surface area contributed by atoms with E-state index in [9.17, 15) is 9.59 Å². The van der Waals surface area contributed by atoms with E-state index < -0.39 is 5.97 Å². The van der Waals surface area contributed by atoms with Crippen LogP contribution >= 0.6 is 0 Å². The molecule has 0 spiro atoms. The van der Waals surface area contributed by atoms with Crippen molar-refractivity contribution in [3.63, 3.8) is 0 Å². The van der Waals surface area contributed by atoms with Crippen molar-refractivity contribution in [1.82, 2.24) is 5.32 Å². The zero-order valence-corrected chi connectivity index (χ0v) is 14.4. The van der Waals surface area contributed by atoms with Crippen LogP contribution in [0.2, 0.25) is 0 Å². The molecule has 0 aliphatic rings. The second-order valence-electron chi connectivity index (χ2n) is 5.37. The van der Waals surface area contributed by atoms with Crippen LogP contribution in [0.15, 0.2) is 48.5 Å². The summed E-state index contributed by atoms with van der Waals surface area (Å²) in [6, 6.07) is 13.7. The normalized spacial score (nSPS) is 11.3. The number of nitrogens with one attached hydrogen (secondary N) is 1. The van der Waals surface area contributed by atoms with Crippen molar-refractivity contribution in [1.29, 1.82) is 0 Å². The van der Waals surface area contributed by atoms with Crippen molar-refractivity contribution < 1.29 is 23.8 Å². The van der Waals surface area contributed by atoms with Crippen LogP contribution in [-0.2, 0) is 9.53 Å². The lowest BCUT2D eigenvalue weighted by Gasteiger charge is -2.15. The van der Waals surface area contributed by atoms with E-state index in [1.165, 1.54) is 7.11 Å². The Morgan fingerprint density at radius 1 is 1.00 bits per heavy atom. The molecule has 0 bridgehead atoms. The number of esters is 1. The van der Waals surface area contributed by atoms with Gasteiger partial charge in [0.25, 0.3) is 5.91 Å². The molecule has 0 aliphatic carbocycles. The minimum absolute atomic E-state index is 0.214. The molecule has 0 fully saturated rings. The van der Waals surface area contributed by atoms with Gasteiger partial charge in [-0.25, -0.2) is 4.79 Å². The summed E-state index contributed by atoms with van der Waals surface area (Å²) in [5, 5.41) is 2.78. The Kier molecular flexibility index (Phi) is 6.39. The van der Waals surface area contributed by atoms with E-state index in [2.05, 4.69) is 5.32 Å². The van der Waals surface area contributed by atoms with Gasteiger partial charge in [-0.1, -0.05) is 18.2 Å². The van der Waals surface area contributed by atoms with Crippen LogP contribution in [0.3, 0.4) is 0 Å². The Balaban J connectivity index is 1.85. The third-order valence-corrected chi connectivity index (χ3v) is 3.63. The highest BCUT2D eigenvalue weighted by Gasteiger charge is 2.13. The standard InChI is InChI=1S/C19H21NO5/c1-13(14-7-9-16(23-2)10-8-14)20-18(21)12-25-19(22)15-5-4-6-17(11-15)24-3/h4-11,13H,12H2,1-3H3,(H,20,21). The van der Waals surface area contributed by atoms with Gasteiger partial charge in [0.1, 0.15) is 11.5 Å². The molecule has 1 amide bonds. The first-order valence-electron chi connectivity index (χ1n) is 7.78. The lowest BCUT2D eigenvalue weighted by molar-refractivity contribution is -0.124. The number of amides is 1. The minimum Gasteiger partial charge on any atom is -0.497 e. The smallest absolute Gasteiger partial charge is 0.338 e. The summed E-state index contributed by atoms with van der Waals surface area (Å²) >= 11 is 0. The molecule has 0 radical (unpaired) electrons. The average molecular weight is 343 g/mol. The number of carbonyl (C=O) groups is 2. The first-order valence-corrected chi connectivity index (χ1v) is 7.78. The molecule has 2 aromatic carbocycles. The van der Waals surface area contributed by atoms with Crippen molar-refractivity contribution in [3.8, 4) is 11.5 Å². The zero-order valence-electron chi connectivity index (χ0n) is 14.4. The fourth-order valence-corrected chi connectivity index (χ4v) is 2.22. The lowest BCUT2D eigenvalue weighted by atomic mass is 10.1. The molecular weight excluding hydrogens is 322 g/mol. The Morgan fingerprint density at radius 2 is 1.68 bits per heavy atom. The van der Waals surface area contributed by atoms with E-state index in [0.29, 0.717) is 11.3 Å². The fourth-order valence-electron chi connectivity index (χ4n) is 2.22. The molecule has 6 heteroatoms. The van der Waals surface area contributed by atoms with E-state index >= 15 is 0 Å². The maximum Gasteiger partial charge on any atom is 0.338 e. The van der Waals surface area contributed by atoms with Gasteiger partial charge in [-0.2, -0.15) is 0 Å². The quantitative estimate of drug-likeness (QED) is 0.783. The molecule has 0 saturated carbocycles. The van der Waals surface area contributed by atoms with E-state index in [1.54, 1.807) is 31.4 Å². The molecule has 25 heavy (non-hydrogen) atoms. The average Bonchev–Trinajstić information content (AvgIpc) is 2.66. The summed E-state index contributed by atoms with van der Waals surface area (Å²) in [5.74, 6) is 0.340. The highest BCUT2D eigenvalue weighted by molar-refractivity contribution is 5.91. The Morgan fingerprint density at radius 3 is 2.32 bits per heavy atom. The predicted molar refractivity (Wildman–Crippen MR) is 92.8 cm³/mol. The maximum absolute atomic E-state index is 12.0. The van der Waals surface area contributed by atoms with Crippen LogP contribution in [0.4, 0.5) is 0 Å². The SMILES string of the molecule is COc1ccc(C(C)NC(=O)COC(=O)c2cccc(OC)c2)cc1. The van der Waals surface area contributed by atoms with Crippen LogP contribution in [-0.4, -0.2) is 32.7 Å². The fraction of sp³-hybridized carbons (Fsp3) is 0.263. The number of methoxy groups -OCH3 is 2. The minimum atomic E-state index is -0.578. The van der Waals surface area contributed by atoms with Crippen LogP contribution in [0, 0.1) is 0 Å². The first kappa shape index (κ1) is 18.3. The van der Waals surface area contributed by atoms with Gasteiger partial charge in [-0.15, -0.1) is 0 Å². The van der Waals surface area contributed by atoms with Gasteiger partial charge in [0.05, 0.1) is 25.8 Å². The molecule has 0 aliphatic heterocycles. The Labute approximate surface area is 146 Å². The summed E-state index contributed by atoms with van der Waals surface area (Å²) in [6.45, 7) is 1.50. The van der Waals surface area contributed by atoms with Gasteiger partial charge >= 0.3 is 5.97 Å². The molecule has 2 aromatic rings. The predicted octanol–water partition coefficient (Wildman–Crippen LogP) is 2.74. The highest BCUT2D eigenvalue weighted by atomic mass is 16.5. The van der Waals surface area contributed by atoms with Crippen molar-refractivity contribution in [2.45, 2.75) is 13.0 Å². The molecule has 6 nitrogen and oxygen atoms in total. The van der Waals surface area contributed by atoms with E-state index in [1.807, 2.05) is 31.2 Å². The first-order chi connectivity index (χ1) is 12.0. The van der Waals surface area contributed by atoms with Crippen LogP contribution < -0.4 is 14.8 Å². The summed E-state index contributed by atoms with van der Waals surface area (Å²) in [5.41, 5.74) is 1.25. The molecule has 0 heterocycles. The molecule has 1 atom stereocenters. The van der Waals surface area contributed by atoms with Crippen LogP contribution in [0.1, 0.15) is 28.9 Å². The second kappa shape index (κ2) is 8.73. The molecule has 132 valence electrons. The number of hydrogen-bond donors (Lipinski definition) is 1. The van der Waals surface area contributed by atoms with E-state index in [-0.39, 0.29) is 18.6 Å². The molecule has 0 aromatic heterocycles. The van der Waals surface area contributed by atoms with Crippen molar-refractivity contribution >= 4 is 11.9 Å². The monoisotopic (exact) mass is 343 g/mol. The Hall–Kier alpha value is -3.02. The number of benzene rings is 2. The van der Waals surface area contributed by atoms with Crippen LogP contribution in [0.5, 0.6) is 11.5 Å². The molecule has 1 N–H and O–H groups in total. The number of hydrogen-bond acceptors (Lipinski definition) is 5. The summed E-state index contributed by atoms with van der Waals surface area (Å²) in [6.07, 6.45) is 0. The lowest BCUT2D eigenvalue weighted by Crippen LogP contribution is -2.31. The summed E-state index contributed by atoms with van der Waals surface area (Å²) in [4.78, 5) is 23.9. The second-order valence-corrected chi connectivity index (χ2v) is 5.37. The molecule has 2 rings (SSSR count). The van der Waals surface area contributed by atoms with Crippen molar-refractivity contribution in [2.75, 3.05) is 20.8 Å². The van der Waals surface area contributed by atoms with E-state index in [4.69, 9.17) is 14.2 Å². The largest absolute Gasteiger partial charge is 0.497 e. The van der Waals surface area contributed by atoms with Crippen molar-refractivity contribution in [3.05, 3.63) is 59.7 Å². The third-order valence-electron chi connectivity index (χ3n) is 3.63. The number of carbonyl (C=O) groups excluding carboxylic acids is 2. The number of rotatable bonds is 7. The summed E-state index contributed by atoms with van der Waals surface area (Å²) < 4.78 is 15.2. The van der Waals surface area contributed by atoms with Crippen LogP contribution in [0.25, 0.3) is 0 Å². The topological polar surface area (TPSA) is 73.9 Å². The van der Waals surface area contributed by atoms with Gasteiger partial charge in [0.2, 0.25) is 0 Å². The van der Waals surface area contributed by atoms with Gasteiger partial charge in [0, 0.05) is 0 Å². The van der Waals surface area contributed by atoms with Gasteiger partial charge < -0.3 is 19.5 Å². The van der Waals surface area contributed by atoms with Crippen molar-refractivity contribution in [2.24, 2.45) is 0 Å². The molecular formula is C19H21NO5. The zero-order chi connectivity index (χ0) is 18.2. The van der Waals surface area contributed by atoms with Gasteiger partial charge in [0.15, 0.2) is 6.61 Å². The maximum atomic E-state index is 12.0.